The van der Waals surface area contributed by atoms with Crippen molar-refractivity contribution in [3.63, 3.8) is 0 Å². The number of carbonyl (C=O) groups is 2. The standard InChI is InChI=1S/C22H27FN4O.C2HF3O2/c23-19-8-6-18(7-9-19)22(28)25-21-10-13-24-27(21)20-11-14-26(15-12-20)16-17-4-2-1-3-5-17;3-2(4,5)1(6)7/h1-2,6-10,13,17,20H,3-5,11-12,14-16H2,(H,25,28);(H,6,7). The lowest BCUT2D eigenvalue weighted by Crippen LogP contribution is -2.38. The number of nitrogens with one attached hydrogen (secondary N) is 1. The Bertz CT molecular complexity index is 1010. The van der Waals surface area contributed by atoms with Crippen molar-refractivity contribution >= 4 is 17.7 Å². The lowest BCUT2D eigenvalue weighted by atomic mass is 9.93. The average molecular weight is 497 g/mol. The smallest absolute Gasteiger partial charge is 0.475 e. The third-order valence-corrected chi connectivity index (χ3v) is 6.06. The van der Waals surface area contributed by atoms with Gasteiger partial charge in [0.25, 0.3) is 5.91 Å². The Morgan fingerprint density at radius 3 is 2.29 bits per heavy atom. The molecule has 190 valence electrons. The third kappa shape index (κ3) is 7.91. The van der Waals surface area contributed by atoms with E-state index in [4.69, 9.17) is 9.90 Å². The second-order valence-electron chi connectivity index (χ2n) is 8.61. The van der Waals surface area contributed by atoms with Crippen LogP contribution >= 0.6 is 0 Å². The number of anilines is 1. The summed E-state index contributed by atoms with van der Waals surface area (Å²) < 4.78 is 46.7. The van der Waals surface area contributed by atoms with Crippen LogP contribution < -0.4 is 5.32 Å². The number of halogens is 4. The Hall–Kier alpha value is -3.21. The number of carboxylic acids is 1. The Balaban J connectivity index is 0.000000429. The van der Waals surface area contributed by atoms with E-state index < -0.39 is 12.1 Å². The van der Waals surface area contributed by atoms with Crippen LogP contribution in [0.15, 0.2) is 48.7 Å². The van der Waals surface area contributed by atoms with Gasteiger partial charge in [0.2, 0.25) is 0 Å². The van der Waals surface area contributed by atoms with Gasteiger partial charge in [0.15, 0.2) is 0 Å². The van der Waals surface area contributed by atoms with Crippen LogP contribution in [0.4, 0.5) is 23.4 Å². The molecule has 0 saturated carbocycles. The number of amides is 1. The molecule has 2 aromatic rings. The number of benzene rings is 1. The second-order valence-corrected chi connectivity index (χ2v) is 8.61. The minimum atomic E-state index is -5.08. The Labute approximate surface area is 200 Å². The number of aromatic nitrogens is 2. The van der Waals surface area contributed by atoms with E-state index >= 15 is 0 Å². The fourth-order valence-corrected chi connectivity index (χ4v) is 4.23. The fourth-order valence-electron chi connectivity index (χ4n) is 4.23. The summed E-state index contributed by atoms with van der Waals surface area (Å²) in [5.41, 5.74) is 0.436. The number of piperidine rings is 1. The third-order valence-electron chi connectivity index (χ3n) is 6.06. The first kappa shape index (κ1) is 26.4. The van der Waals surface area contributed by atoms with E-state index in [2.05, 4.69) is 27.5 Å². The summed E-state index contributed by atoms with van der Waals surface area (Å²) in [4.78, 5) is 23.9. The van der Waals surface area contributed by atoms with Crippen LogP contribution in [0.25, 0.3) is 0 Å². The van der Waals surface area contributed by atoms with E-state index in [-0.39, 0.29) is 11.7 Å². The highest BCUT2D eigenvalue weighted by Gasteiger charge is 2.38. The molecule has 0 bridgehead atoms. The van der Waals surface area contributed by atoms with Gasteiger partial charge in [-0.2, -0.15) is 18.3 Å². The van der Waals surface area contributed by atoms with Gasteiger partial charge in [-0.05, 0) is 62.3 Å². The SMILES string of the molecule is O=C(Nc1ccnn1C1CCN(CC2CC=CCC2)CC1)c1ccc(F)cc1.O=C(O)C(F)(F)F. The predicted octanol–water partition coefficient (Wildman–Crippen LogP) is 4.90. The number of hydrogen-bond donors (Lipinski definition) is 2. The summed E-state index contributed by atoms with van der Waals surface area (Å²) in [6, 6.07) is 7.69. The van der Waals surface area contributed by atoms with Gasteiger partial charge in [-0.3, -0.25) is 4.79 Å². The first-order chi connectivity index (χ1) is 16.6. The van der Waals surface area contributed by atoms with Gasteiger partial charge in [-0.1, -0.05) is 12.2 Å². The molecular formula is C24H28F4N4O3. The molecule has 1 saturated heterocycles. The van der Waals surface area contributed by atoms with Crippen LogP contribution in [0, 0.1) is 11.7 Å². The molecule has 1 aromatic carbocycles. The second kappa shape index (κ2) is 12.0. The molecular weight excluding hydrogens is 468 g/mol. The topological polar surface area (TPSA) is 87.5 Å². The van der Waals surface area contributed by atoms with E-state index in [9.17, 15) is 22.4 Å². The Kier molecular flexibility index (Phi) is 9.02. The lowest BCUT2D eigenvalue weighted by Gasteiger charge is -2.35. The zero-order valence-corrected chi connectivity index (χ0v) is 19.0. The van der Waals surface area contributed by atoms with Crippen LogP contribution in [-0.4, -0.2) is 57.5 Å². The average Bonchev–Trinajstić information content (AvgIpc) is 3.28. The number of carbonyl (C=O) groups excluding carboxylic acids is 1. The summed E-state index contributed by atoms with van der Waals surface area (Å²) in [5.74, 6) is -1.86. The predicted molar refractivity (Wildman–Crippen MR) is 121 cm³/mol. The zero-order valence-electron chi connectivity index (χ0n) is 19.0. The molecule has 0 spiro atoms. The van der Waals surface area contributed by atoms with Crippen molar-refractivity contribution in [2.24, 2.45) is 5.92 Å². The van der Waals surface area contributed by atoms with Gasteiger partial charge < -0.3 is 15.3 Å². The number of hydrogen-bond acceptors (Lipinski definition) is 4. The van der Waals surface area contributed by atoms with Crippen molar-refractivity contribution in [3.05, 3.63) is 60.1 Å². The van der Waals surface area contributed by atoms with E-state index in [0.29, 0.717) is 17.4 Å². The molecule has 4 rings (SSSR count). The molecule has 1 aromatic heterocycles. The van der Waals surface area contributed by atoms with Crippen LogP contribution in [-0.2, 0) is 4.79 Å². The largest absolute Gasteiger partial charge is 0.490 e. The van der Waals surface area contributed by atoms with Crippen LogP contribution in [0.3, 0.4) is 0 Å². The maximum atomic E-state index is 13.1. The van der Waals surface area contributed by atoms with Gasteiger partial charge in [-0.15, -0.1) is 0 Å². The summed E-state index contributed by atoms with van der Waals surface area (Å²) in [6.07, 6.45) is 7.04. The van der Waals surface area contributed by atoms with Crippen LogP contribution in [0.2, 0.25) is 0 Å². The van der Waals surface area contributed by atoms with Gasteiger partial charge in [0, 0.05) is 31.3 Å². The fraction of sp³-hybridized carbons (Fsp3) is 0.458. The summed E-state index contributed by atoms with van der Waals surface area (Å²) >= 11 is 0. The number of aliphatic carboxylic acids is 1. The van der Waals surface area contributed by atoms with E-state index in [0.717, 1.165) is 31.8 Å². The highest BCUT2D eigenvalue weighted by atomic mass is 19.4. The van der Waals surface area contributed by atoms with Crippen molar-refractivity contribution in [1.82, 2.24) is 14.7 Å². The molecule has 1 fully saturated rings. The van der Waals surface area contributed by atoms with Gasteiger partial charge in [0.1, 0.15) is 11.6 Å². The molecule has 1 atom stereocenters. The van der Waals surface area contributed by atoms with Crippen molar-refractivity contribution < 1.29 is 32.3 Å². The molecule has 1 aliphatic carbocycles. The van der Waals surface area contributed by atoms with Crippen molar-refractivity contribution in [1.29, 1.82) is 0 Å². The van der Waals surface area contributed by atoms with E-state index in [1.807, 2.05) is 10.7 Å². The van der Waals surface area contributed by atoms with Crippen molar-refractivity contribution in [2.75, 3.05) is 25.0 Å². The first-order valence-electron chi connectivity index (χ1n) is 11.4. The Morgan fingerprint density at radius 2 is 1.71 bits per heavy atom. The van der Waals surface area contributed by atoms with Crippen molar-refractivity contribution in [3.8, 4) is 0 Å². The number of allylic oxidation sites excluding steroid dienone is 2. The maximum absolute atomic E-state index is 13.1. The molecule has 0 radical (unpaired) electrons. The van der Waals surface area contributed by atoms with Gasteiger partial charge in [0.05, 0.1) is 12.2 Å². The normalized spacial score (nSPS) is 19.0. The maximum Gasteiger partial charge on any atom is 0.490 e. The molecule has 2 heterocycles. The quantitative estimate of drug-likeness (QED) is 0.454. The number of rotatable bonds is 5. The molecule has 1 unspecified atom stereocenters. The summed E-state index contributed by atoms with van der Waals surface area (Å²) in [6.45, 7) is 3.32. The zero-order chi connectivity index (χ0) is 25.4. The van der Waals surface area contributed by atoms with Gasteiger partial charge in [-0.25, -0.2) is 13.9 Å². The molecule has 2 N–H and O–H groups in total. The van der Waals surface area contributed by atoms with Crippen LogP contribution in [0.1, 0.15) is 48.5 Å². The molecule has 7 nitrogen and oxygen atoms in total. The number of alkyl halides is 3. The first-order valence-corrected chi connectivity index (χ1v) is 11.4. The molecule has 1 aliphatic heterocycles. The number of likely N-dealkylation sites (tertiary alicyclic amines) is 1. The highest BCUT2D eigenvalue weighted by molar-refractivity contribution is 6.03. The Morgan fingerprint density at radius 1 is 1.06 bits per heavy atom. The molecule has 2 aliphatic rings. The molecule has 1 amide bonds. The minimum Gasteiger partial charge on any atom is -0.475 e. The minimum absolute atomic E-state index is 0.246. The van der Waals surface area contributed by atoms with E-state index in [1.165, 1.54) is 50.1 Å². The summed E-state index contributed by atoms with van der Waals surface area (Å²) in [7, 11) is 0. The van der Waals surface area contributed by atoms with Gasteiger partial charge >= 0.3 is 12.1 Å². The van der Waals surface area contributed by atoms with Crippen LogP contribution in [0.5, 0.6) is 0 Å². The lowest BCUT2D eigenvalue weighted by molar-refractivity contribution is -0.192. The summed E-state index contributed by atoms with van der Waals surface area (Å²) in [5, 5.41) is 14.5. The van der Waals surface area contributed by atoms with Crippen molar-refractivity contribution in [2.45, 2.75) is 44.3 Å². The molecule has 11 heteroatoms. The monoisotopic (exact) mass is 496 g/mol. The van der Waals surface area contributed by atoms with E-state index in [1.54, 1.807) is 6.20 Å². The number of nitrogens with zero attached hydrogens (tertiary/aromatic N) is 3. The number of carboxylic acid groups (broad SMARTS) is 1. The molecule has 35 heavy (non-hydrogen) atoms. The highest BCUT2D eigenvalue weighted by Crippen LogP contribution is 2.27.